The third kappa shape index (κ3) is 10.4. The molecular weight excluding hydrogens is 534 g/mol. The number of hydrogen-bond acceptors (Lipinski definition) is 0. The Kier molecular flexibility index (Phi) is 14.9. The standard InChI is InChI=1S/C15H13.C13H21.C3H6.2ClH.Zr/c1-10-3-5-14-12(7-10)9-13-8-11(2)4-6-15(13)14;1-5-6-7-11-8-9-12(10-11)13(2,3)4;1-3-2;;;/h3-9H,1-2H3;9-11H,5-7H2,1-4H3;1-2H3;2*1H;/q2*-1;;;;+2/p-2. The Morgan fingerprint density at radius 3 is 1.79 bits per heavy atom. The Morgan fingerprint density at radius 1 is 0.941 bits per heavy atom. The predicted molar refractivity (Wildman–Crippen MR) is 141 cm³/mol. The molecule has 1 aliphatic rings. The van der Waals surface area contributed by atoms with Crippen molar-refractivity contribution < 1.29 is 49.0 Å². The molecule has 0 spiro atoms. The van der Waals surface area contributed by atoms with Crippen LogP contribution >= 0.6 is 0 Å². The van der Waals surface area contributed by atoms with Gasteiger partial charge >= 0.3 is 41.3 Å². The summed E-state index contributed by atoms with van der Waals surface area (Å²) in [6.07, 6.45) is 11.9. The van der Waals surface area contributed by atoms with Gasteiger partial charge in [-0.3, -0.25) is 6.08 Å². The van der Waals surface area contributed by atoms with Crippen LogP contribution in [-0.2, 0) is 24.2 Å². The van der Waals surface area contributed by atoms with Crippen molar-refractivity contribution in [3.63, 3.8) is 0 Å². The van der Waals surface area contributed by atoms with Crippen LogP contribution in [0.15, 0.2) is 60.2 Å². The SMILES string of the molecule is CCCCC1[C-]=CC(C(C)(C)C)=C1.C[C](C)=[Zr+2].Cc1ccc2c(c1)[cH-]c1cc(C)ccc12.[Cl-].[Cl-]. The van der Waals surface area contributed by atoms with Crippen molar-refractivity contribution in [3.05, 3.63) is 77.4 Å². The van der Waals surface area contributed by atoms with E-state index in [9.17, 15) is 0 Å². The number of benzene rings is 2. The van der Waals surface area contributed by atoms with Crippen LogP contribution in [0.25, 0.3) is 21.5 Å². The van der Waals surface area contributed by atoms with Gasteiger partial charge in [0.05, 0.1) is 0 Å². The molecule has 0 radical (unpaired) electrons. The molecule has 3 aromatic rings. The molecule has 0 amide bonds. The summed E-state index contributed by atoms with van der Waals surface area (Å²) >= 11 is 1.55. The Labute approximate surface area is 235 Å². The zero-order valence-electron chi connectivity index (χ0n) is 22.2. The topological polar surface area (TPSA) is 0 Å². The van der Waals surface area contributed by atoms with Gasteiger partial charge in [0.25, 0.3) is 0 Å². The summed E-state index contributed by atoms with van der Waals surface area (Å²) in [5, 5.41) is 5.46. The van der Waals surface area contributed by atoms with Crippen LogP contribution < -0.4 is 24.8 Å². The van der Waals surface area contributed by atoms with Crippen LogP contribution in [0.3, 0.4) is 0 Å². The Bertz CT molecular complexity index is 1050. The summed E-state index contributed by atoms with van der Waals surface area (Å²) in [6.45, 7) is 17.6. The maximum Gasteiger partial charge on any atom is -0.0469 e. The molecule has 184 valence electrons. The molecule has 0 heterocycles. The fourth-order valence-electron chi connectivity index (χ4n) is 3.83. The Hall–Kier alpha value is -0.877. The van der Waals surface area contributed by atoms with Crippen molar-refractivity contribution in [2.45, 2.75) is 74.7 Å². The predicted octanol–water partition coefficient (Wildman–Crippen LogP) is 3.22. The van der Waals surface area contributed by atoms with Crippen LogP contribution in [0, 0.1) is 31.3 Å². The van der Waals surface area contributed by atoms with E-state index in [2.05, 4.69) is 116 Å². The van der Waals surface area contributed by atoms with Gasteiger partial charge in [0.1, 0.15) is 0 Å². The molecule has 0 bridgehead atoms. The van der Waals surface area contributed by atoms with Crippen molar-refractivity contribution in [1.82, 2.24) is 0 Å². The van der Waals surface area contributed by atoms with E-state index in [0.717, 1.165) is 0 Å². The van der Waals surface area contributed by atoms with Gasteiger partial charge in [-0.15, -0.1) is 39.7 Å². The zero-order valence-corrected chi connectivity index (χ0v) is 26.1. The summed E-state index contributed by atoms with van der Waals surface area (Å²) in [7, 11) is 0. The van der Waals surface area contributed by atoms with Gasteiger partial charge in [-0.2, -0.15) is 11.6 Å². The minimum atomic E-state index is 0. The molecule has 0 fully saturated rings. The summed E-state index contributed by atoms with van der Waals surface area (Å²) in [5.41, 5.74) is 4.41. The van der Waals surface area contributed by atoms with Crippen LogP contribution in [0.2, 0.25) is 0 Å². The molecule has 0 saturated heterocycles. The second-order valence-corrected chi connectivity index (χ2v) is 12.7. The van der Waals surface area contributed by atoms with Crippen LogP contribution in [0.4, 0.5) is 0 Å². The van der Waals surface area contributed by atoms with E-state index in [4.69, 9.17) is 0 Å². The fourth-order valence-corrected chi connectivity index (χ4v) is 3.83. The van der Waals surface area contributed by atoms with E-state index in [1.807, 2.05) is 0 Å². The molecule has 3 heteroatoms. The molecule has 0 N–H and O–H groups in total. The third-order valence-corrected chi connectivity index (χ3v) is 5.58. The first-order valence-electron chi connectivity index (χ1n) is 11.9. The first-order valence-corrected chi connectivity index (χ1v) is 13.1. The van der Waals surface area contributed by atoms with Crippen molar-refractivity contribution in [2.24, 2.45) is 11.3 Å². The first-order chi connectivity index (χ1) is 15.0. The van der Waals surface area contributed by atoms with Gasteiger partial charge in [-0.05, 0) is 13.8 Å². The third-order valence-electron chi connectivity index (χ3n) is 5.58. The fraction of sp³-hybridized carbons (Fsp3) is 0.419. The number of halogens is 2. The largest absolute Gasteiger partial charge is 1.00 e. The smallest absolute Gasteiger partial charge is 0.0469 e. The quantitative estimate of drug-likeness (QED) is 0.422. The number of rotatable bonds is 3. The minimum absolute atomic E-state index is 0. The molecule has 34 heavy (non-hydrogen) atoms. The number of allylic oxidation sites excluding steroid dienone is 4. The normalized spacial score (nSPS) is 14.3. The Morgan fingerprint density at radius 2 is 1.41 bits per heavy atom. The van der Waals surface area contributed by atoms with E-state index < -0.39 is 0 Å². The number of aryl methyl sites for hydroxylation is 2. The van der Waals surface area contributed by atoms with Gasteiger partial charge < -0.3 is 24.8 Å². The molecule has 4 rings (SSSR count). The molecule has 1 aliphatic carbocycles. The van der Waals surface area contributed by atoms with Crippen molar-refractivity contribution in [2.75, 3.05) is 0 Å². The molecule has 1 unspecified atom stereocenters. The maximum absolute atomic E-state index is 3.43. The first kappa shape index (κ1) is 33.1. The van der Waals surface area contributed by atoms with Gasteiger partial charge in [-0.25, -0.2) is 6.08 Å². The van der Waals surface area contributed by atoms with Crippen molar-refractivity contribution in [3.8, 4) is 0 Å². The van der Waals surface area contributed by atoms with E-state index in [1.165, 1.54) is 60.7 Å². The molecule has 0 aromatic heterocycles. The number of unbranched alkanes of at least 4 members (excludes halogenated alkanes) is 1. The summed E-state index contributed by atoms with van der Waals surface area (Å²) in [6, 6.07) is 15.6. The van der Waals surface area contributed by atoms with Gasteiger partial charge in [-0.1, -0.05) is 93.7 Å². The second-order valence-electron chi connectivity index (χ2n) is 10.3. The molecule has 0 nitrogen and oxygen atoms in total. The van der Waals surface area contributed by atoms with E-state index in [-0.39, 0.29) is 24.8 Å². The number of fused-ring (bicyclic) bond motifs is 3. The van der Waals surface area contributed by atoms with Gasteiger partial charge in [0, 0.05) is 0 Å². The van der Waals surface area contributed by atoms with Crippen LogP contribution in [-0.4, -0.2) is 3.21 Å². The molecule has 1 atom stereocenters. The summed E-state index contributed by atoms with van der Waals surface area (Å²) < 4.78 is 1.51. The van der Waals surface area contributed by atoms with Crippen LogP contribution in [0.5, 0.6) is 0 Å². The van der Waals surface area contributed by atoms with Gasteiger partial charge in [0.15, 0.2) is 0 Å². The van der Waals surface area contributed by atoms with E-state index >= 15 is 0 Å². The van der Waals surface area contributed by atoms with Crippen molar-refractivity contribution >= 4 is 24.8 Å². The molecular formula is C31H40Cl2Zr-2. The molecule has 0 aliphatic heterocycles. The van der Waals surface area contributed by atoms with E-state index in [1.54, 1.807) is 24.2 Å². The molecule has 0 saturated carbocycles. The van der Waals surface area contributed by atoms with Crippen LogP contribution in [0.1, 0.15) is 71.9 Å². The zero-order chi connectivity index (χ0) is 23.9. The molecule has 3 aromatic carbocycles. The number of hydrogen-bond donors (Lipinski definition) is 0. The monoisotopic (exact) mass is 572 g/mol. The summed E-state index contributed by atoms with van der Waals surface area (Å²) in [4.78, 5) is 0. The average Bonchev–Trinajstić information content (AvgIpc) is 3.29. The average molecular weight is 575 g/mol. The van der Waals surface area contributed by atoms with Gasteiger partial charge in [0.2, 0.25) is 0 Å². The second kappa shape index (κ2) is 15.3. The van der Waals surface area contributed by atoms with Crippen molar-refractivity contribution in [1.29, 1.82) is 0 Å². The maximum atomic E-state index is 3.43. The van der Waals surface area contributed by atoms with E-state index in [0.29, 0.717) is 11.3 Å². The summed E-state index contributed by atoms with van der Waals surface area (Å²) in [5.74, 6) is 0.592. The Balaban J connectivity index is 0.000000533. The minimum Gasteiger partial charge on any atom is -1.00 e.